The minimum Gasteiger partial charge on any atom is -0.493 e. The number of thiocarbonyl (C=S) groups is 1. The molecule has 0 bridgehead atoms. The highest BCUT2D eigenvalue weighted by atomic mass is 32.1. The van der Waals surface area contributed by atoms with Crippen molar-refractivity contribution in [2.45, 2.75) is 6.42 Å². The lowest BCUT2D eigenvalue weighted by Crippen LogP contribution is -2.10. The topological polar surface area (TPSA) is 53.1 Å². The van der Waals surface area contributed by atoms with Crippen molar-refractivity contribution < 1.29 is 4.74 Å². The average molecular weight is 261 g/mol. The third-order valence-corrected chi connectivity index (χ3v) is 2.87. The third kappa shape index (κ3) is 3.07. The van der Waals surface area contributed by atoms with Gasteiger partial charge < -0.3 is 15.0 Å². The predicted molar refractivity (Wildman–Crippen MR) is 74.7 cm³/mol. The monoisotopic (exact) mass is 261 g/mol. The van der Waals surface area contributed by atoms with Crippen LogP contribution in [0.15, 0.2) is 36.7 Å². The van der Waals surface area contributed by atoms with Gasteiger partial charge in [-0.3, -0.25) is 0 Å². The average Bonchev–Trinajstić information content (AvgIpc) is 2.76. The van der Waals surface area contributed by atoms with Crippen molar-refractivity contribution >= 4 is 17.2 Å². The summed E-state index contributed by atoms with van der Waals surface area (Å²) in [4.78, 5) is 4.61. The zero-order chi connectivity index (χ0) is 13.0. The Morgan fingerprint density at radius 1 is 1.50 bits per heavy atom. The highest BCUT2D eigenvalue weighted by Crippen LogP contribution is 2.13. The van der Waals surface area contributed by atoms with E-state index in [1.807, 2.05) is 42.1 Å². The van der Waals surface area contributed by atoms with Crippen molar-refractivity contribution in [2.24, 2.45) is 12.8 Å². The van der Waals surface area contributed by atoms with Crippen LogP contribution in [0.4, 0.5) is 0 Å². The van der Waals surface area contributed by atoms with E-state index in [1.54, 1.807) is 6.20 Å². The molecule has 0 fully saturated rings. The third-order valence-electron chi connectivity index (χ3n) is 2.63. The van der Waals surface area contributed by atoms with Gasteiger partial charge in [-0.25, -0.2) is 4.98 Å². The second kappa shape index (κ2) is 5.64. The van der Waals surface area contributed by atoms with Gasteiger partial charge in [0.15, 0.2) is 0 Å². The van der Waals surface area contributed by atoms with Crippen LogP contribution < -0.4 is 10.5 Å². The van der Waals surface area contributed by atoms with Crippen LogP contribution in [-0.2, 0) is 13.5 Å². The number of nitrogens with zero attached hydrogens (tertiary/aromatic N) is 2. The predicted octanol–water partition coefficient (Wildman–Crippen LogP) is 1.68. The fourth-order valence-electron chi connectivity index (χ4n) is 1.64. The molecule has 0 radical (unpaired) electrons. The molecule has 0 aliphatic rings. The maximum atomic E-state index is 5.66. The second-order valence-electron chi connectivity index (χ2n) is 3.94. The van der Waals surface area contributed by atoms with Gasteiger partial charge in [0, 0.05) is 31.4 Å². The van der Waals surface area contributed by atoms with Crippen molar-refractivity contribution in [3.63, 3.8) is 0 Å². The van der Waals surface area contributed by atoms with Crippen molar-refractivity contribution in [2.75, 3.05) is 6.61 Å². The van der Waals surface area contributed by atoms with Crippen LogP contribution in [0.25, 0.3) is 0 Å². The molecular weight excluding hydrogens is 246 g/mol. The normalized spacial score (nSPS) is 10.3. The van der Waals surface area contributed by atoms with Crippen molar-refractivity contribution in [3.8, 4) is 5.75 Å². The minimum absolute atomic E-state index is 0.379. The Kier molecular flexibility index (Phi) is 3.94. The molecule has 0 amide bonds. The van der Waals surface area contributed by atoms with Gasteiger partial charge in [0.05, 0.1) is 6.61 Å². The summed E-state index contributed by atoms with van der Waals surface area (Å²) in [7, 11) is 1.97. The first-order valence-electron chi connectivity index (χ1n) is 5.65. The molecule has 0 aliphatic heterocycles. The van der Waals surface area contributed by atoms with Gasteiger partial charge in [-0.15, -0.1) is 0 Å². The fourth-order valence-corrected chi connectivity index (χ4v) is 1.76. The first kappa shape index (κ1) is 12.6. The molecule has 2 aromatic rings. The van der Waals surface area contributed by atoms with E-state index >= 15 is 0 Å². The van der Waals surface area contributed by atoms with Crippen LogP contribution >= 0.6 is 12.2 Å². The summed E-state index contributed by atoms with van der Waals surface area (Å²) < 4.78 is 7.64. The summed E-state index contributed by atoms with van der Waals surface area (Å²) in [5.41, 5.74) is 6.39. The van der Waals surface area contributed by atoms with Gasteiger partial charge >= 0.3 is 0 Å². The molecule has 18 heavy (non-hydrogen) atoms. The van der Waals surface area contributed by atoms with E-state index in [9.17, 15) is 0 Å². The molecule has 1 aromatic heterocycles. The molecular formula is C13H15N3OS. The fraction of sp³-hybridized carbons (Fsp3) is 0.231. The molecule has 1 heterocycles. The maximum absolute atomic E-state index is 5.66. The Morgan fingerprint density at radius 3 is 3.00 bits per heavy atom. The molecule has 0 atom stereocenters. The van der Waals surface area contributed by atoms with Crippen LogP contribution in [0.3, 0.4) is 0 Å². The quantitative estimate of drug-likeness (QED) is 0.832. The van der Waals surface area contributed by atoms with Gasteiger partial charge in [-0.05, 0) is 12.1 Å². The van der Waals surface area contributed by atoms with E-state index in [2.05, 4.69) is 4.98 Å². The lowest BCUT2D eigenvalue weighted by atomic mass is 10.2. The number of aromatic nitrogens is 2. The Balaban J connectivity index is 1.92. The molecule has 0 saturated carbocycles. The van der Waals surface area contributed by atoms with Crippen LogP contribution in [0.1, 0.15) is 11.4 Å². The Morgan fingerprint density at radius 2 is 2.33 bits per heavy atom. The number of aryl methyl sites for hydroxylation is 1. The number of ether oxygens (including phenoxy) is 1. The zero-order valence-electron chi connectivity index (χ0n) is 10.2. The highest BCUT2D eigenvalue weighted by Gasteiger charge is 2.01. The van der Waals surface area contributed by atoms with Crippen LogP contribution in [0, 0.1) is 0 Å². The number of nitrogens with two attached hydrogens (primary N) is 1. The van der Waals surface area contributed by atoms with Gasteiger partial charge in [0.25, 0.3) is 0 Å². The van der Waals surface area contributed by atoms with E-state index in [1.165, 1.54) is 0 Å². The van der Waals surface area contributed by atoms with E-state index in [0.29, 0.717) is 11.6 Å². The van der Waals surface area contributed by atoms with Crippen molar-refractivity contribution in [1.82, 2.24) is 9.55 Å². The minimum atomic E-state index is 0.379. The number of imidazole rings is 1. The molecule has 2 rings (SSSR count). The van der Waals surface area contributed by atoms with Crippen molar-refractivity contribution in [3.05, 3.63) is 48.0 Å². The molecule has 2 N–H and O–H groups in total. The summed E-state index contributed by atoms with van der Waals surface area (Å²) in [6, 6.07) is 7.49. The molecule has 4 nitrogen and oxygen atoms in total. The lowest BCUT2D eigenvalue weighted by Gasteiger charge is -2.07. The van der Waals surface area contributed by atoms with E-state index in [0.717, 1.165) is 23.6 Å². The van der Waals surface area contributed by atoms with Crippen LogP contribution in [0.2, 0.25) is 0 Å². The van der Waals surface area contributed by atoms with Gasteiger partial charge in [-0.2, -0.15) is 0 Å². The number of hydrogen-bond acceptors (Lipinski definition) is 3. The first-order chi connectivity index (χ1) is 8.66. The largest absolute Gasteiger partial charge is 0.493 e. The Hall–Kier alpha value is -1.88. The smallest absolute Gasteiger partial charge is 0.120 e. The SMILES string of the molecule is Cn1ccnc1CCOc1cccc(C(N)=S)c1. The number of hydrogen-bond donors (Lipinski definition) is 1. The van der Waals surface area contributed by atoms with Crippen LogP contribution in [0.5, 0.6) is 5.75 Å². The summed E-state index contributed by atoms with van der Waals surface area (Å²) >= 11 is 4.93. The Bertz CT molecular complexity index is 551. The molecule has 0 saturated heterocycles. The summed E-state index contributed by atoms with van der Waals surface area (Å²) in [6.45, 7) is 0.575. The van der Waals surface area contributed by atoms with Crippen molar-refractivity contribution in [1.29, 1.82) is 0 Å². The Labute approximate surface area is 111 Å². The number of rotatable bonds is 5. The summed E-state index contributed by atoms with van der Waals surface area (Å²) in [6.07, 6.45) is 4.46. The van der Waals surface area contributed by atoms with E-state index in [4.69, 9.17) is 22.7 Å². The standard InChI is InChI=1S/C13H15N3OS/c1-16-7-6-15-12(16)5-8-17-11-4-2-3-10(9-11)13(14)18/h2-4,6-7,9H,5,8H2,1H3,(H2,14,18). The second-order valence-corrected chi connectivity index (χ2v) is 4.38. The van der Waals surface area contributed by atoms with E-state index in [-0.39, 0.29) is 0 Å². The summed E-state index contributed by atoms with van der Waals surface area (Å²) in [5, 5.41) is 0. The van der Waals surface area contributed by atoms with Gasteiger partial charge in [0.2, 0.25) is 0 Å². The number of benzene rings is 1. The maximum Gasteiger partial charge on any atom is 0.120 e. The molecule has 5 heteroatoms. The molecule has 94 valence electrons. The molecule has 0 aliphatic carbocycles. The van der Waals surface area contributed by atoms with Gasteiger partial charge in [-0.1, -0.05) is 24.4 Å². The molecule has 0 spiro atoms. The summed E-state index contributed by atoms with van der Waals surface area (Å²) in [5.74, 6) is 1.77. The van der Waals surface area contributed by atoms with Crippen LogP contribution in [-0.4, -0.2) is 21.1 Å². The van der Waals surface area contributed by atoms with Gasteiger partial charge in [0.1, 0.15) is 16.6 Å². The lowest BCUT2D eigenvalue weighted by molar-refractivity contribution is 0.317. The molecule has 0 unspecified atom stereocenters. The molecule has 1 aromatic carbocycles. The highest BCUT2D eigenvalue weighted by molar-refractivity contribution is 7.80. The zero-order valence-corrected chi connectivity index (χ0v) is 11.0. The van der Waals surface area contributed by atoms with E-state index < -0.39 is 0 Å². The first-order valence-corrected chi connectivity index (χ1v) is 6.06.